The Morgan fingerprint density at radius 1 is 0.342 bits per heavy atom. The van der Waals surface area contributed by atoms with E-state index in [4.69, 9.17) is 9.98 Å². The van der Waals surface area contributed by atoms with Crippen molar-refractivity contribution in [1.29, 1.82) is 0 Å². The van der Waals surface area contributed by atoms with E-state index in [0.717, 1.165) is 56.2 Å². The Hall–Kier alpha value is -5.08. The quantitative estimate of drug-likeness (QED) is 0.238. The molecule has 178 valence electrons. The molecule has 0 saturated carbocycles. The zero-order valence-corrected chi connectivity index (χ0v) is 20.8. The number of aliphatic imine (C=N–C) groups is 2. The van der Waals surface area contributed by atoms with Crippen LogP contribution in [0.3, 0.4) is 0 Å². The molecule has 0 bridgehead atoms. The lowest BCUT2D eigenvalue weighted by Gasteiger charge is -2.14. The van der Waals surface area contributed by atoms with Crippen molar-refractivity contribution >= 4 is 33.6 Å². The fourth-order valence-electron chi connectivity index (χ4n) is 5.33. The maximum absolute atomic E-state index is 5.51. The van der Waals surface area contributed by atoms with E-state index in [0.29, 0.717) is 0 Å². The largest absolute Gasteiger partial charge is 0.246 e. The average Bonchev–Trinajstić information content (AvgIpc) is 3.28. The molecule has 0 amide bonds. The first kappa shape index (κ1) is 22.1. The molecule has 6 aromatic carbocycles. The highest BCUT2D eigenvalue weighted by Gasteiger charge is 2.28. The maximum atomic E-state index is 5.51. The first-order valence-electron chi connectivity index (χ1n) is 12.9. The molecule has 0 radical (unpaired) electrons. The molecule has 1 aliphatic rings. The van der Waals surface area contributed by atoms with E-state index < -0.39 is 0 Å². The van der Waals surface area contributed by atoms with Crippen molar-refractivity contribution in [3.63, 3.8) is 0 Å². The second-order valence-corrected chi connectivity index (χ2v) is 9.40. The topological polar surface area (TPSA) is 24.7 Å². The van der Waals surface area contributed by atoms with E-state index in [1.807, 2.05) is 30.3 Å². The van der Waals surface area contributed by atoms with Crippen LogP contribution in [-0.4, -0.2) is 11.4 Å². The van der Waals surface area contributed by atoms with Gasteiger partial charge >= 0.3 is 0 Å². The summed E-state index contributed by atoms with van der Waals surface area (Å²) in [5, 5.41) is 2.41. The van der Waals surface area contributed by atoms with Gasteiger partial charge in [0.25, 0.3) is 0 Å². The van der Waals surface area contributed by atoms with Gasteiger partial charge in [-0.1, -0.05) is 133 Å². The maximum Gasteiger partial charge on any atom is 0.0979 e. The van der Waals surface area contributed by atoms with E-state index in [9.17, 15) is 0 Å². The standard InChI is InChI=1S/C36H24N2/c1-4-13-25(14-5-1)29-21-12-22-30(26-15-6-2-7-16-26)34(29)38-36-32-24-11-18-27-17-10-23-31(33(27)32)35(36)37-28-19-8-3-9-20-28/h1-24H. The minimum absolute atomic E-state index is 0.904. The van der Waals surface area contributed by atoms with Gasteiger partial charge in [0.15, 0.2) is 0 Å². The van der Waals surface area contributed by atoms with E-state index in [1.54, 1.807) is 0 Å². The Kier molecular flexibility index (Phi) is 5.49. The van der Waals surface area contributed by atoms with Crippen LogP contribution < -0.4 is 0 Å². The van der Waals surface area contributed by atoms with Crippen LogP contribution in [0.2, 0.25) is 0 Å². The van der Waals surface area contributed by atoms with E-state index in [1.165, 1.54) is 10.8 Å². The molecule has 0 unspecified atom stereocenters. The normalized spacial score (nSPS) is 14.4. The summed E-state index contributed by atoms with van der Waals surface area (Å²) in [5.74, 6) is 0. The van der Waals surface area contributed by atoms with Crippen molar-refractivity contribution < 1.29 is 0 Å². The van der Waals surface area contributed by atoms with Crippen LogP contribution >= 0.6 is 0 Å². The van der Waals surface area contributed by atoms with Gasteiger partial charge in [-0.3, -0.25) is 0 Å². The van der Waals surface area contributed by atoms with Crippen molar-refractivity contribution in [3.05, 3.63) is 157 Å². The summed E-state index contributed by atoms with van der Waals surface area (Å²) in [6.45, 7) is 0. The number of hydrogen-bond donors (Lipinski definition) is 0. The Bertz CT molecular complexity index is 1770. The van der Waals surface area contributed by atoms with E-state index >= 15 is 0 Å². The van der Waals surface area contributed by atoms with Gasteiger partial charge in [-0.25, -0.2) is 9.98 Å². The van der Waals surface area contributed by atoms with Crippen molar-refractivity contribution in [2.75, 3.05) is 0 Å². The summed E-state index contributed by atoms with van der Waals surface area (Å²) >= 11 is 0. The van der Waals surface area contributed by atoms with Crippen LogP contribution in [0.15, 0.2) is 156 Å². The fraction of sp³-hybridized carbons (Fsp3) is 0. The Morgan fingerprint density at radius 3 is 1.34 bits per heavy atom. The molecule has 2 heteroatoms. The smallest absolute Gasteiger partial charge is 0.0979 e. The van der Waals surface area contributed by atoms with Crippen LogP contribution in [0.5, 0.6) is 0 Å². The Morgan fingerprint density at radius 2 is 0.789 bits per heavy atom. The number of nitrogens with zero attached hydrogens (tertiary/aromatic N) is 2. The van der Waals surface area contributed by atoms with Gasteiger partial charge in [-0.05, 0) is 28.6 Å². The third kappa shape index (κ3) is 3.84. The zero-order chi connectivity index (χ0) is 25.3. The van der Waals surface area contributed by atoms with Crippen LogP contribution in [0.4, 0.5) is 11.4 Å². The van der Waals surface area contributed by atoms with Gasteiger partial charge < -0.3 is 0 Å². The summed E-state index contributed by atoms with van der Waals surface area (Å²) < 4.78 is 0. The van der Waals surface area contributed by atoms with Crippen LogP contribution in [0.25, 0.3) is 33.0 Å². The second kappa shape index (κ2) is 9.42. The minimum atomic E-state index is 0.904. The molecule has 1 aliphatic carbocycles. The molecule has 38 heavy (non-hydrogen) atoms. The number of hydrogen-bond acceptors (Lipinski definition) is 2. The molecule has 7 rings (SSSR count). The predicted octanol–water partition coefficient (Wildman–Crippen LogP) is 9.43. The fourth-order valence-corrected chi connectivity index (χ4v) is 5.33. The predicted molar refractivity (Wildman–Crippen MR) is 160 cm³/mol. The molecule has 2 nitrogen and oxygen atoms in total. The molecule has 0 saturated heterocycles. The SMILES string of the molecule is c1ccc(N=C2C(=Nc3c(-c4ccccc4)cccc3-c3ccccc3)c3cccc4cccc2c34)cc1. The van der Waals surface area contributed by atoms with Gasteiger partial charge in [0.2, 0.25) is 0 Å². The highest BCUT2D eigenvalue weighted by atomic mass is 14.8. The van der Waals surface area contributed by atoms with Gasteiger partial charge in [0.05, 0.1) is 22.8 Å². The third-order valence-corrected chi connectivity index (χ3v) is 7.07. The summed E-state index contributed by atoms with van der Waals surface area (Å²) in [5.41, 5.74) is 10.4. The van der Waals surface area contributed by atoms with Gasteiger partial charge in [0, 0.05) is 27.6 Å². The first-order chi connectivity index (χ1) is 18.9. The zero-order valence-electron chi connectivity index (χ0n) is 20.8. The molecular formula is C36H24N2. The monoisotopic (exact) mass is 484 g/mol. The molecule has 0 atom stereocenters. The van der Waals surface area contributed by atoms with Gasteiger partial charge in [-0.15, -0.1) is 0 Å². The molecule has 0 aliphatic heterocycles. The molecule has 0 spiro atoms. The summed E-state index contributed by atoms with van der Waals surface area (Å²) in [4.78, 5) is 10.7. The van der Waals surface area contributed by atoms with E-state index in [2.05, 4.69) is 115 Å². The average molecular weight is 485 g/mol. The summed E-state index contributed by atoms with van der Waals surface area (Å²) in [6, 6.07) is 50.5. The molecule has 6 aromatic rings. The molecule has 0 heterocycles. The summed E-state index contributed by atoms with van der Waals surface area (Å²) in [7, 11) is 0. The number of para-hydroxylation sites is 2. The highest BCUT2D eigenvalue weighted by molar-refractivity contribution is 6.61. The lowest BCUT2D eigenvalue weighted by Crippen LogP contribution is -2.10. The Labute approximate surface area is 222 Å². The first-order valence-corrected chi connectivity index (χ1v) is 12.9. The van der Waals surface area contributed by atoms with Crippen molar-refractivity contribution in [2.24, 2.45) is 9.98 Å². The lowest BCUT2D eigenvalue weighted by molar-refractivity contribution is 1.48. The second-order valence-electron chi connectivity index (χ2n) is 9.40. The van der Waals surface area contributed by atoms with Gasteiger partial charge in [0.1, 0.15) is 0 Å². The third-order valence-electron chi connectivity index (χ3n) is 7.07. The van der Waals surface area contributed by atoms with Crippen LogP contribution in [-0.2, 0) is 0 Å². The molecule has 0 fully saturated rings. The number of rotatable bonds is 4. The summed E-state index contributed by atoms with van der Waals surface area (Å²) in [6.07, 6.45) is 0. The molecular weight excluding hydrogens is 460 g/mol. The van der Waals surface area contributed by atoms with Gasteiger partial charge in [-0.2, -0.15) is 0 Å². The Balaban J connectivity index is 1.55. The molecule has 0 N–H and O–H groups in total. The van der Waals surface area contributed by atoms with Crippen LogP contribution in [0, 0.1) is 0 Å². The van der Waals surface area contributed by atoms with Crippen molar-refractivity contribution in [3.8, 4) is 22.3 Å². The highest BCUT2D eigenvalue weighted by Crippen LogP contribution is 2.41. The number of benzene rings is 6. The van der Waals surface area contributed by atoms with E-state index in [-0.39, 0.29) is 0 Å². The molecule has 0 aromatic heterocycles. The van der Waals surface area contributed by atoms with Crippen molar-refractivity contribution in [2.45, 2.75) is 0 Å². The van der Waals surface area contributed by atoms with Crippen molar-refractivity contribution in [1.82, 2.24) is 0 Å². The minimum Gasteiger partial charge on any atom is -0.246 e. The van der Waals surface area contributed by atoms with Crippen LogP contribution in [0.1, 0.15) is 11.1 Å². The lowest BCUT2D eigenvalue weighted by atomic mass is 9.96.